The number of benzene rings is 1. The van der Waals surface area contributed by atoms with Crippen LogP contribution >= 0.6 is 0 Å². The number of hydrogen-bond acceptors (Lipinski definition) is 3. The number of aliphatic hydroxyl groups excluding tert-OH is 1. The highest BCUT2D eigenvalue weighted by Gasteiger charge is 2.24. The molecule has 0 saturated heterocycles. The molecule has 23 heavy (non-hydrogen) atoms. The molecule has 0 aromatic heterocycles. The van der Waals surface area contributed by atoms with E-state index in [2.05, 4.69) is 10.6 Å². The summed E-state index contributed by atoms with van der Waals surface area (Å²) in [6.45, 7) is 6.89. The van der Waals surface area contributed by atoms with Crippen LogP contribution in [0.5, 0.6) is 0 Å². The Kier molecular flexibility index (Phi) is 7.75. The van der Waals surface area contributed by atoms with Crippen LogP contribution in [-0.4, -0.2) is 36.6 Å². The molecule has 0 fully saturated rings. The van der Waals surface area contributed by atoms with Crippen LogP contribution in [0.2, 0.25) is 0 Å². The summed E-state index contributed by atoms with van der Waals surface area (Å²) in [6, 6.07) is 9.48. The van der Waals surface area contributed by atoms with Crippen LogP contribution in [0.25, 0.3) is 0 Å². The van der Waals surface area contributed by atoms with E-state index in [-0.39, 0.29) is 36.2 Å². The van der Waals surface area contributed by atoms with Crippen LogP contribution in [0.15, 0.2) is 30.3 Å². The molecule has 128 valence electrons. The van der Waals surface area contributed by atoms with Crippen molar-refractivity contribution in [2.75, 3.05) is 19.7 Å². The molecular formula is C18H28N2O3. The van der Waals surface area contributed by atoms with E-state index >= 15 is 0 Å². The molecule has 0 heterocycles. The third kappa shape index (κ3) is 7.79. The second-order valence-electron chi connectivity index (χ2n) is 6.81. The molecule has 0 radical (unpaired) electrons. The largest absolute Gasteiger partial charge is 0.396 e. The zero-order valence-corrected chi connectivity index (χ0v) is 14.3. The monoisotopic (exact) mass is 320 g/mol. The number of rotatable bonds is 8. The van der Waals surface area contributed by atoms with Crippen molar-refractivity contribution in [2.24, 2.45) is 11.3 Å². The maximum absolute atomic E-state index is 11.8. The fraction of sp³-hybridized carbons (Fsp3) is 0.556. The Morgan fingerprint density at radius 3 is 2.30 bits per heavy atom. The lowest BCUT2D eigenvalue weighted by Gasteiger charge is -2.29. The number of aliphatic hydroxyl groups is 1. The highest BCUT2D eigenvalue weighted by molar-refractivity contribution is 5.80. The molecule has 5 nitrogen and oxygen atoms in total. The van der Waals surface area contributed by atoms with Gasteiger partial charge in [-0.2, -0.15) is 0 Å². The summed E-state index contributed by atoms with van der Waals surface area (Å²) in [6.07, 6.45) is 0.557. The van der Waals surface area contributed by atoms with Gasteiger partial charge in [0.2, 0.25) is 11.8 Å². The molecule has 1 unspecified atom stereocenters. The number of hydrogen-bond donors (Lipinski definition) is 3. The summed E-state index contributed by atoms with van der Waals surface area (Å²) in [4.78, 5) is 23.5. The lowest BCUT2D eigenvalue weighted by molar-refractivity contribution is -0.122. The van der Waals surface area contributed by atoms with Crippen molar-refractivity contribution < 1.29 is 14.7 Å². The van der Waals surface area contributed by atoms with Crippen molar-refractivity contribution in [3.8, 4) is 0 Å². The Bertz CT molecular complexity index is 495. The van der Waals surface area contributed by atoms with Crippen molar-refractivity contribution in [3.05, 3.63) is 35.9 Å². The molecule has 1 rings (SSSR count). The van der Waals surface area contributed by atoms with Crippen molar-refractivity contribution in [2.45, 2.75) is 33.6 Å². The quantitative estimate of drug-likeness (QED) is 0.679. The molecule has 1 aromatic rings. The van der Waals surface area contributed by atoms with Crippen LogP contribution < -0.4 is 10.6 Å². The molecule has 0 aliphatic rings. The first-order valence-electron chi connectivity index (χ1n) is 8.01. The number of amides is 2. The maximum Gasteiger partial charge on any atom is 0.224 e. The van der Waals surface area contributed by atoms with E-state index in [4.69, 9.17) is 0 Å². The van der Waals surface area contributed by atoms with Crippen LogP contribution in [0.4, 0.5) is 0 Å². The summed E-state index contributed by atoms with van der Waals surface area (Å²) < 4.78 is 0. The second kappa shape index (κ2) is 9.30. The average Bonchev–Trinajstić information content (AvgIpc) is 2.47. The minimum absolute atomic E-state index is 0.0131. The maximum atomic E-state index is 11.8. The molecule has 3 N–H and O–H groups in total. The standard InChI is InChI=1S/C18H28N2O3/c1-18(2,3)15(13-21)12-20-16(22)9-10-19-17(23)11-14-7-5-4-6-8-14/h4-8,15,21H,9-13H2,1-3H3,(H,19,23)(H,20,22). The third-order valence-electron chi connectivity index (χ3n) is 3.87. The molecule has 1 atom stereocenters. The Morgan fingerprint density at radius 2 is 1.74 bits per heavy atom. The zero-order chi connectivity index (χ0) is 17.3. The molecule has 5 heteroatoms. The Balaban J connectivity index is 2.22. The van der Waals surface area contributed by atoms with Crippen LogP contribution in [0.1, 0.15) is 32.8 Å². The highest BCUT2D eigenvalue weighted by atomic mass is 16.3. The van der Waals surface area contributed by atoms with Gasteiger partial charge in [-0.05, 0) is 11.0 Å². The molecule has 1 aromatic carbocycles. The Hall–Kier alpha value is -1.88. The summed E-state index contributed by atoms with van der Waals surface area (Å²) in [5.41, 5.74) is 0.886. The van der Waals surface area contributed by atoms with Gasteiger partial charge in [0, 0.05) is 32.0 Å². The SMILES string of the molecule is CC(C)(C)C(CO)CNC(=O)CCNC(=O)Cc1ccccc1. The Labute approximate surface area is 138 Å². The topological polar surface area (TPSA) is 78.4 Å². The fourth-order valence-electron chi connectivity index (χ4n) is 2.13. The van der Waals surface area contributed by atoms with Gasteiger partial charge in [0.25, 0.3) is 0 Å². The van der Waals surface area contributed by atoms with E-state index in [0.717, 1.165) is 5.56 Å². The lowest BCUT2D eigenvalue weighted by Crippen LogP contribution is -2.38. The van der Waals surface area contributed by atoms with Crippen LogP contribution in [0.3, 0.4) is 0 Å². The van der Waals surface area contributed by atoms with Gasteiger partial charge in [0.15, 0.2) is 0 Å². The first kappa shape index (κ1) is 19.2. The predicted molar refractivity (Wildman–Crippen MR) is 90.8 cm³/mol. The van der Waals surface area contributed by atoms with Gasteiger partial charge in [-0.3, -0.25) is 9.59 Å². The van der Waals surface area contributed by atoms with E-state index in [9.17, 15) is 14.7 Å². The summed E-state index contributed by atoms with van der Waals surface area (Å²) in [7, 11) is 0. The molecule has 0 aliphatic carbocycles. The number of nitrogens with one attached hydrogen (secondary N) is 2. The molecule has 0 spiro atoms. The van der Waals surface area contributed by atoms with E-state index < -0.39 is 0 Å². The second-order valence-corrected chi connectivity index (χ2v) is 6.81. The van der Waals surface area contributed by atoms with Gasteiger partial charge in [-0.1, -0.05) is 51.1 Å². The van der Waals surface area contributed by atoms with E-state index in [1.807, 2.05) is 51.1 Å². The number of carbonyl (C=O) groups is 2. The summed E-state index contributed by atoms with van der Waals surface area (Å²) in [5, 5.41) is 14.9. The molecular weight excluding hydrogens is 292 g/mol. The van der Waals surface area contributed by atoms with E-state index in [0.29, 0.717) is 19.5 Å². The average molecular weight is 320 g/mol. The van der Waals surface area contributed by atoms with Crippen molar-refractivity contribution in [1.82, 2.24) is 10.6 Å². The summed E-state index contributed by atoms with van der Waals surface area (Å²) >= 11 is 0. The van der Waals surface area contributed by atoms with Crippen LogP contribution in [0, 0.1) is 11.3 Å². The van der Waals surface area contributed by atoms with Crippen molar-refractivity contribution in [3.63, 3.8) is 0 Å². The van der Waals surface area contributed by atoms with Crippen molar-refractivity contribution in [1.29, 1.82) is 0 Å². The highest BCUT2D eigenvalue weighted by Crippen LogP contribution is 2.24. The Morgan fingerprint density at radius 1 is 1.09 bits per heavy atom. The van der Waals surface area contributed by atoms with Crippen LogP contribution in [-0.2, 0) is 16.0 Å². The smallest absolute Gasteiger partial charge is 0.224 e. The molecule has 0 bridgehead atoms. The number of carbonyl (C=O) groups excluding carboxylic acids is 2. The van der Waals surface area contributed by atoms with Gasteiger partial charge in [0.05, 0.1) is 6.42 Å². The minimum atomic E-state index is -0.118. The molecule has 0 aliphatic heterocycles. The van der Waals surface area contributed by atoms with Gasteiger partial charge in [-0.15, -0.1) is 0 Å². The summed E-state index contributed by atoms with van der Waals surface area (Å²) in [5.74, 6) is -0.196. The zero-order valence-electron chi connectivity index (χ0n) is 14.3. The molecule has 2 amide bonds. The fourth-order valence-corrected chi connectivity index (χ4v) is 2.13. The van der Waals surface area contributed by atoms with Gasteiger partial charge in [-0.25, -0.2) is 0 Å². The van der Waals surface area contributed by atoms with E-state index in [1.165, 1.54) is 0 Å². The van der Waals surface area contributed by atoms with Crippen molar-refractivity contribution >= 4 is 11.8 Å². The predicted octanol–water partition coefficient (Wildman–Crippen LogP) is 1.51. The first-order chi connectivity index (χ1) is 10.8. The first-order valence-corrected chi connectivity index (χ1v) is 8.01. The minimum Gasteiger partial charge on any atom is -0.396 e. The van der Waals surface area contributed by atoms with E-state index in [1.54, 1.807) is 0 Å². The molecule has 0 saturated carbocycles. The van der Waals surface area contributed by atoms with Gasteiger partial charge >= 0.3 is 0 Å². The normalized spacial score (nSPS) is 12.5. The third-order valence-corrected chi connectivity index (χ3v) is 3.87. The van der Waals surface area contributed by atoms with Gasteiger partial charge < -0.3 is 15.7 Å². The van der Waals surface area contributed by atoms with Gasteiger partial charge in [0.1, 0.15) is 0 Å². The lowest BCUT2D eigenvalue weighted by atomic mass is 9.81.